The first-order valence-corrected chi connectivity index (χ1v) is 17.2. The summed E-state index contributed by atoms with van der Waals surface area (Å²) in [4.78, 5) is 0. The molecule has 0 unspecified atom stereocenters. The van der Waals surface area contributed by atoms with E-state index in [0.29, 0.717) is 19.8 Å². The Morgan fingerprint density at radius 1 is 0.696 bits per heavy atom. The molecule has 0 rings (SSSR count). The van der Waals surface area contributed by atoms with Gasteiger partial charge in [-0.25, -0.2) is 0 Å². The van der Waals surface area contributed by atoms with Gasteiger partial charge < -0.3 is 17.4 Å². The average Bonchev–Trinajstić information content (AvgIpc) is 2.42. The number of unbranched alkanes of at least 4 members (excludes halogenated alkanes) is 3. The van der Waals surface area contributed by atoms with Crippen LogP contribution >= 0.6 is 0 Å². The topological polar surface area (TPSA) is 36.9 Å². The molecule has 7 heteroatoms. The smallest absolute Gasteiger partial charge is 0.458 e. The molecule has 0 bridgehead atoms. The van der Waals surface area contributed by atoms with Crippen LogP contribution in [0.4, 0.5) is 0 Å². The zero-order valence-electron chi connectivity index (χ0n) is 16.6. The second kappa shape index (κ2) is 12.8. The van der Waals surface area contributed by atoms with Gasteiger partial charge in [0.15, 0.2) is 17.4 Å². The molecule has 0 radical (unpaired) electrons. The summed E-state index contributed by atoms with van der Waals surface area (Å²) in [5.41, 5.74) is 0. The van der Waals surface area contributed by atoms with Gasteiger partial charge in [-0.05, 0) is 59.4 Å². The van der Waals surface area contributed by atoms with Gasteiger partial charge in [0.1, 0.15) is 0 Å². The first kappa shape index (κ1) is 23.5. The summed E-state index contributed by atoms with van der Waals surface area (Å²) < 4.78 is 23.9. The maximum Gasteiger partial charge on any atom is 0.500 e. The van der Waals surface area contributed by atoms with Gasteiger partial charge in [0, 0.05) is 25.9 Å². The van der Waals surface area contributed by atoms with Gasteiger partial charge in [-0.1, -0.05) is 19.3 Å². The van der Waals surface area contributed by atoms with Crippen LogP contribution in [0.25, 0.3) is 0 Å². The van der Waals surface area contributed by atoms with E-state index in [2.05, 4.69) is 26.2 Å². The van der Waals surface area contributed by atoms with E-state index in [1.807, 2.05) is 20.8 Å². The Bertz CT molecular complexity index is 271. The van der Waals surface area contributed by atoms with E-state index in [1.165, 1.54) is 25.3 Å². The number of rotatable bonds is 15. The van der Waals surface area contributed by atoms with Crippen LogP contribution in [0.5, 0.6) is 0 Å². The van der Waals surface area contributed by atoms with Gasteiger partial charge in [-0.3, -0.25) is 0 Å². The molecule has 0 aromatic heterocycles. The Morgan fingerprint density at radius 2 is 1.13 bits per heavy atom. The Balaban J connectivity index is 4.06. The summed E-state index contributed by atoms with van der Waals surface area (Å²) in [6.45, 7) is 17.3. The van der Waals surface area contributed by atoms with Crippen molar-refractivity contribution in [1.29, 1.82) is 0 Å². The van der Waals surface area contributed by atoms with Gasteiger partial charge in [0.25, 0.3) is 0 Å². The van der Waals surface area contributed by atoms with E-state index in [0.717, 1.165) is 12.5 Å². The lowest BCUT2D eigenvalue weighted by Gasteiger charge is -2.28. The summed E-state index contributed by atoms with van der Waals surface area (Å²) >= 11 is 0. The largest absolute Gasteiger partial charge is 0.500 e. The van der Waals surface area contributed by atoms with Gasteiger partial charge in [-0.15, -0.1) is 0 Å². The summed E-state index contributed by atoms with van der Waals surface area (Å²) in [5.74, 6) is 0. The van der Waals surface area contributed by atoms with Gasteiger partial charge >= 0.3 is 8.80 Å². The summed E-state index contributed by atoms with van der Waals surface area (Å²) in [6, 6.07) is 2.22. The monoisotopic (exact) mass is 380 g/mol. The molecule has 0 aliphatic carbocycles. The second-order valence-electron chi connectivity index (χ2n) is 6.82. The van der Waals surface area contributed by atoms with Crippen molar-refractivity contribution in [3.63, 3.8) is 0 Å². The molecule has 0 aromatic carbocycles. The zero-order chi connectivity index (χ0) is 17.8. The van der Waals surface area contributed by atoms with Crippen LogP contribution in [0.3, 0.4) is 0 Å². The maximum absolute atomic E-state index is 6.22. The van der Waals surface area contributed by atoms with Crippen LogP contribution < -0.4 is 0 Å². The first-order valence-electron chi connectivity index (χ1n) is 9.40. The van der Waals surface area contributed by atoms with E-state index in [9.17, 15) is 0 Å². The minimum absolute atomic E-state index is 0.669. The Kier molecular flexibility index (Phi) is 13.1. The van der Waals surface area contributed by atoms with Crippen molar-refractivity contribution >= 4 is 26.2 Å². The van der Waals surface area contributed by atoms with Crippen LogP contribution in [-0.4, -0.2) is 46.0 Å². The number of hydrogen-bond acceptors (Lipinski definition) is 4. The van der Waals surface area contributed by atoms with Gasteiger partial charge in [0.05, 0.1) is 0 Å². The molecule has 0 saturated heterocycles. The highest BCUT2D eigenvalue weighted by Gasteiger charge is 2.39. The zero-order valence-corrected chi connectivity index (χ0v) is 19.7. The third-order valence-electron chi connectivity index (χ3n) is 3.66. The maximum atomic E-state index is 6.22. The molecule has 0 atom stereocenters. The lowest BCUT2D eigenvalue weighted by molar-refractivity contribution is 0.0706. The summed E-state index contributed by atoms with van der Waals surface area (Å²) in [7, 11) is -4.72. The molecule has 0 aliphatic heterocycles. The highest BCUT2D eigenvalue weighted by Crippen LogP contribution is 2.22. The highest BCUT2D eigenvalue weighted by molar-refractivity contribution is 6.77. The van der Waals surface area contributed by atoms with E-state index in [-0.39, 0.29) is 0 Å². The van der Waals surface area contributed by atoms with Gasteiger partial charge in [-0.2, -0.15) is 0 Å². The summed E-state index contributed by atoms with van der Waals surface area (Å²) in [5, 5.41) is 0. The molecule has 0 saturated carbocycles. The molecule has 0 heterocycles. The normalized spacial score (nSPS) is 13.0. The quantitative estimate of drug-likeness (QED) is 0.302. The van der Waals surface area contributed by atoms with Crippen molar-refractivity contribution in [2.24, 2.45) is 0 Å². The highest BCUT2D eigenvalue weighted by atomic mass is 28.4. The molecule has 23 heavy (non-hydrogen) atoms. The fraction of sp³-hybridized carbons (Fsp3) is 1.00. The predicted molar refractivity (Wildman–Crippen MR) is 106 cm³/mol. The van der Waals surface area contributed by atoms with Crippen LogP contribution in [-0.2, 0) is 17.4 Å². The molecule has 0 N–H and O–H groups in total. The Morgan fingerprint density at radius 3 is 1.52 bits per heavy atom. The molecule has 140 valence electrons. The van der Waals surface area contributed by atoms with Crippen molar-refractivity contribution < 1.29 is 17.4 Å². The third kappa shape index (κ3) is 11.6. The fourth-order valence-electron chi connectivity index (χ4n) is 2.94. The Hall–Kier alpha value is 0.491. The SMILES string of the molecule is CCO[Si](CCCCCC[Si](C)(C)O[SiH](C)C)(OCC)OCC. The van der Waals surface area contributed by atoms with E-state index < -0.39 is 26.2 Å². The predicted octanol–water partition coefficient (Wildman–Crippen LogP) is 4.80. The summed E-state index contributed by atoms with van der Waals surface area (Å²) in [6.07, 6.45) is 4.92. The minimum atomic E-state index is -2.42. The molecule has 0 aliphatic rings. The van der Waals surface area contributed by atoms with Crippen molar-refractivity contribution in [1.82, 2.24) is 0 Å². The van der Waals surface area contributed by atoms with Crippen molar-refractivity contribution in [2.45, 2.75) is 84.7 Å². The molecule has 0 fully saturated rings. The molecular weight excluding hydrogens is 340 g/mol. The molecule has 0 spiro atoms. The van der Waals surface area contributed by atoms with Crippen LogP contribution in [0.2, 0.25) is 38.3 Å². The van der Waals surface area contributed by atoms with E-state index in [4.69, 9.17) is 17.4 Å². The van der Waals surface area contributed by atoms with E-state index >= 15 is 0 Å². The van der Waals surface area contributed by atoms with Gasteiger partial charge in [0.2, 0.25) is 0 Å². The molecule has 0 amide bonds. The fourth-order valence-corrected chi connectivity index (χ4v) is 12.3. The minimum Gasteiger partial charge on any atom is -0.458 e. The van der Waals surface area contributed by atoms with Crippen molar-refractivity contribution in [3.05, 3.63) is 0 Å². The molecule has 4 nitrogen and oxygen atoms in total. The second-order valence-corrected chi connectivity index (χ2v) is 16.6. The van der Waals surface area contributed by atoms with Crippen LogP contribution in [0.1, 0.15) is 46.5 Å². The lowest BCUT2D eigenvalue weighted by Crippen LogP contribution is -2.45. The van der Waals surface area contributed by atoms with Crippen LogP contribution in [0, 0.1) is 0 Å². The lowest BCUT2D eigenvalue weighted by atomic mass is 10.2. The first-order chi connectivity index (χ1) is 10.8. The average molecular weight is 381 g/mol. The van der Waals surface area contributed by atoms with Crippen molar-refractivity contribution in [2.75, 3.05) is 19.8 Å². The molecular formula is C16H40O4Si3. The van der Waals surface area contributed by atoms with E-state index in [1.54, 1.807) is 0 Å². The molecule has 0 aromatic rings. The van der Waals surface area contributed by atoms with Crippen LogP contribution in [0.15, 0.2) is 0 Å². The number of hydrogen-bond donors (Lipinski definition) is 0. The standard InChI is InChI=1S/C16H40O4Si3/c1-8-17-23(18-9-2,19-10-3)16-14-12-11-13-15-22(6,7)20-21(4)5/h21H,8-16H2,1-7H3. The van der Waals surface area contributed by atoms with Crippen molar-refractivity contribution in [3.8, 4) is 0 Å². The third-order valence-corrected chi connectivity index (χ3v) is 12.8. The Labute approximate surface area is 148 Å².